The van der Waals surface area contributed by atoms with E-state index in [4.69, 9.17) is 4.74 Å². The Balaban J connectivity index is 2.21. The van der Waals surface area contributed by atoms with Crippen molar-refractivity contribution in [3.8, 4) is 0 Å². The average Bonchev–Trinajstić information content (AvgIpc) is 2.37. The molecule has 1 aliphatic rings. The van der Waals surface area contributed by atoms with Gasteiger partial charge in [0.25, 0.3) is 0 Å². The summed E-state index contributed by atoms with van der Waals surface area (Å²) in [7, 11) is 0. The second kappa shape index (κ2) is 7.57. The summed E-state index contributed by atoms with van der Waals surface area (Å²) in [5.41, 5.74) is 0. The first-order valence-electron chi connectivity index (χ1n) is 6.60. The minimum atomic E-state index is 0.450. The summed E-state index contributed by atoms with van der Waals surface area (Å²) in [6, 6.07) is 0. The van der Waals surface area contributed by atoms with Crippen molar-refractivity contribution >= 4 is 11.8 Å². The molecule has 0 spiro atoms. The molecule has 1 N–H and O–H groups in total. The quantitative estimate of drug-likeness (QED) is 0.745. The van der Waals surface area contributed by atoms with E-state index < -0.39 is 0 Å². The molecule has 0 atom stereocenters. The third-order valence-electron chi connectivity index (χ3n) is 3.94. The summed E-state index contributed by atoms with van der Waals surface area (Å²) >= 11 is 2.02. The van der Waals surface area contributed by atoms with Gasteiger partial charge in [-0.2, -0.15) is 11.8 Å². The Bertz CT molecular complexity index is 169. The molecule has 0 aromatic carbocycles. The van der Waals surface area contributed by atoms with Gasteiger partial charge in [-0.25, -0.2) is 0 Å². The van der Waals surface area contributed by atoms with Gasteiger partial charge < -0.3 is 10.1 Å². The second-order valence-electron chi connectivity index (χ2n) is 4.78. The summed E-state index contributed by atoms with van der Waals surface area (Å²) in [4.78, 5) is 0. The van der Waals surface area contributed by atoms with Crippen LogP contribution in [-0.2, 0) is 4.74 Å². The smallest absolute Gasteiger partial charge is 0.0469 e. The normalized spacial score (nSPS) is 18.9. The molecule has 0 radical (unpaired) electrons. The molecule has 1 heterocycles. The number of hydrogen-bond acceptors (Lipinski definition) is 3. The predicted molar refractivity (Wildman–Crippen MR) is 73.2 cm³/mol. The maximum absolute atomic E-state index is 5.38. The van der Waals surface area contributed by atoms with Crippen molar-refractivity contribution in [3.63, 3.8) is 0 Å². The lowest BCUT2D eigenvalue weighted by Gasteiger charge is -2.31. The highest BCUT2D eigenvalue weighted by atomic mass is 32.2. The fraction of sp³-hybridized carbons (Fsp3) is 1.00. The van der Waals surface area contributed by atoms with E-state index in [1.54, 1.807) is 0 Å². The largest absolute Gasteiger partial charge is 0.381 e. The molecule has 0 aromatic heterocycles. The van der Waals surface area contributed by atoms with Crippen LogP contribution in [-0.4, -0.2) is 37.3 Å². The van der Waals surface area contributed by atoms with Gasteiger partial charge in [0.2, 0.25) is 0 Å². The summed E-state index contributed by atoms with van der Waals surface area (Å²) in [6.45, 7) is 8.85. The molecule has 0 saturated carbocycles. The zero-order valence-electron chi connectivity index (χ0n) is 11.1. The number of rotatable bonds is 7. The monoisotopic (exact) mass is 245 g/mol. The summed E-state index contributed by atoms with van der Waals surface area (Å²) < 4.78 is 5.83. The highest BCUT2D eigenvalue weighted by Gasteiger charge is 2.24. The van der Waals surface area contributed by atoms with Gasteiger partial charge in [-0.3, -0.25) is 0 Å². The standard InChI is InChI=1S/C13H27NOS/c1-4-13(5-2,16-3)11-14-10-12-6-8-15-9-7-12/h12,14H,4-11H2,1-3H3. The lowest BCUT2D eigenvalue weighted by molar-refractivity contribution is 0.0661. The number of hydrogen-bond donors (Lipinski definition) is 1. The van der Waals surface area contributed by atoms with Crippen LogP contribution in [0, 0.1) is 5.92 Å². The fourth-order valence-corrected chi connectivity index (χ4v) is 3.14. The summed E-state index contributed by atoms with van der Waals surface area (Å²) in [5, 5.41) is 3.67. The van der Waals surface area contributed by atoms with Crippen molar-refractivity contribution in [2.75, 3.05) is 32.6 Å². The zero-order chi connectivity index (χ0) is 11.9. The lowest BCUT2D eigenvalue weighted by Crippen LogP contribution is -2.39. The minimum absolute atomic E-state index is 0.450. The molecule has 0 aliphatic carbocycles. The zero-order valence-corrected chi connectivity index (χ0v) is 11.9. The highest BCUT2D eigenvalue weighted by molar-refractivity contribution is 8.00. The van der Waals surface area contributed by atoms with Crippen LogP contribution >= 0.6 is 11.8 Å². The molecule has 1 fully saturated rings. The van der Waals surface area contributed by atoms with Crippen molar-refractivity contribution < 1.29 is 4.74 Å². The average molecular weight is 245 g/mol. The maximum atomic E-state index is 5.38. The first kappa shape index (κ1) is 14.3. The van der Waals surface area contributed by atoms with E-state index in [-0.39, 0.29) is 0 Å². The Hall–Kier alpha value is 0.270. The number of ether oxygens (including phenoxy) is 1. The van der Waals surface area contributed by atoms with Crippen molar-refractivity contribution in [3.05, 3.63) is 0 Å². The van der Waals surface area contributed by atoms with Crippen LogP contribution in [0.25, 0.3) is 0 Å². The fourth-order valence-electron chi connectivity index (χ4n) is 2.32. The van der Waals surface area contributed by atoms with Gasteiger partial charge in [0.15, 0.2) is 0 Å². The van der Waals surface area contributed by atoms with Gasteiger partial charge in [0, 0.05) is 24.5 Å². The van der Waals surface area contributed by atoms with Crippen LogP contribution in [0.2, 0.25) is 0 Å². The molecule has 0 amide bonds. The minimum Gasteiger partial charge on any atom is -0.381 e. The van der Waals surface area contributed by atoms with Gasteiger partial charge in [-0.1, -0.05) is 13.8 Å². The van der Waals surface area contributed by atoms with E-state index in [2.05, 4.69) is 25.4 Å². The van der Waals surface area contributed by atoms with E-state index >= 15 is 0 Å². The van der Waals surface area contributed by atoms with Crippen LogP contribution in [0.4, 0.5) is 0 Å². The van der Waals surface area contributed by atoms with Crippen LogP contribution in [0.3, 0.4) is 0 Å². The Kier molecular flexibility index (Phi) is 6.78. The summed E-state index contributed by atoms with van der Waals surface area (Å²) in [5.74, 6) is 0.835. The second-order valence-corrected chi connectivity index (χ2v) is 6.06. The van der Waals surface area contributed by atoms with Crippen molar-refractivity contribution in [1.29, 1.82) is 0 Å². The molecule has 0 unspecified atom stereocenters. The molecule has 16 heavy (non-hydrogen) atoms. The summed E-state index contributed by atoms with van der Waals surface area (Å²) in [6.07, 6.45) is 7.22. The van der Waals surface area contributed by atoms with E-state index in [0.29, 0.717) is 4.75 Å². The molecule has 3 heteroatoms. The van der Waals surface area contributed by atoms with Gasteiger partial charge in [-0.15, -0.1) is 0 Å². The predicted octanol–water partition coefficient (Wildman–Crippen LogP) is 2.92. The van der Waals surface area contributed by atoms with Gasteiger partial charge in [0.1, 0.15) is 0 Å². The Morgan fingerprint density at radius 2 is 1.88 bits per heavy atom. The van der Waals surface area contributed by atoms with Gasteiger partial charge >= 0.3 is 0 Å². The molecule has 96 valence electrons. The molecule has 0 bridgehead atoms. The van der Waals surface area contributed by atoms with Crippen molar-refractivity contribution in [2.45, 2.75) is 44.3 Å². The van der Waals surface area contributed by atoms with E-state index in [0.717, 1.165) is 25.7 Å². The van der Waals surface area contributed by atoms with Gasteiger partial charge in [-0.05, 0) is 44.4 Å². The molecule has 1 rings (SSSR count). The molecule has 2 nitrogen and oxygen atoms in total. The highest BCUT2D eigenvalue weighted by Crippen LogP contribution is 2.29. The van der Waals surface area contributed by atoms with Crippen LogP contribution in [0.1, 0.15) is 39.5 Å². The Morgan fingerprint density at radius 1 is 1.25 bits per heavy atom. The van der Waals surface area contributed by atoms with Gasteiger partial charge in [0.05, 0.1) is 0 Å². The third-order valence-corrected chi connectivity index (χ3v) is 5.53. The van der Waals surface area contributed by atoms with E-state index in [1.165, 1.54) is 32.2 Å². The third kappa shape index (κ3) is 4.27. The van der Waals surface area contributed by atoms with E-state index in [1.807, 2.05) is 11.8 Å². The van der Waals surface area contributed by atoms with Crippen molar-refractivity contribution in [1.82, 2.24) is 5.32 Å². The van der Waals surface area contributed by atoms with Crippen LogP contribution in [0.15, 0.2) is 0 Å². The Morgan fingerprint density at radius 3 is 2.38 bits per heavy atom. The molecule has 0 aromatic rings. The first-order valence-corrected chi connectivity index (χ1v) is 7.82. The molecule has 1 aliphatic heterocycles. The number of nitrogens with one attached hydrogen (secondary N) is 1. The molecule has 1 saturated heterocycles. The van der Waals surface area contributed by atoms with Crippen LogP contribution < -0.4 is 5.32 Å². The molecular weight excluding hydrogens is 218 g/mol. The van der Waals surface area contributed by atoms with Crippen LogP contribution in [0.5, 0.6) is 0 Å². The number of thioether (sulfide) groups is 1. The maximum Gasteiger partial charge on any atom is 0.0469 e. The SMILES string of the molecule is CCC(CC)(CNCC1CCOCC1)SC. The topological polar surface area (TPSA) is 21.3 Å². The first-order chi connectivity index (χ1) is 7.76. The molecular formula is C13H27NOS. The Labute approximate surface area is 105 Å². The lowest BCUT2D eigenvalue weighted by atomic mass is 9.98. The van der Waals surface area contributed by atoms with Crippen molar-refractivity contribution in [2.24, 2.45) is 5.92 Å². The van der Waals surface area contributed by atoms with E-state index in [9.17, 15) is 0 Å².